The van der Waals surface area contributed by atoms with E-state index in [1.807, 2.05) is 70.2 Å². The summed E-state index contributed by atoms with van der Waals surface area (Å²) in [4.78, 5) is 9.26. The van der Waals surface area contributed by atoms with E-state index in [0.717, 1.165) is 10.9 Å². The molecule has 0 unspecified atom stereocenters. The lowest BCUT2D eigenvalue weighted by Gasteiger charge is -2.16. The normalized spacial score (nSPS) is 10.9. The first kappa shape index (κ1) is 22.4. The number of nitrogens with zero attached hydrogens (tertiary/aromatic N) is 3. The molecule has 0 fully saturated rings. The molecule has 0 aliphatic carbocycles. The van der Waals surface area contributed by atoms with Crippen molar-refractivity contribution in [3.05, 3.63) is 42.5 Å². The standard InChI is InChI=1S/C25H27N3O5/c1-5-29-20-14-17(15-21(30-6-2)22(20)31-7-3)24-27-23(28-33-24)18-13-16-11-9-10-12-19(16)26-25(18)32-8-4/h9-15H,5-8H2,1-4H3. The third kappa shape index (κ3) is 4.69. The molecular formula is C25H27N3O5. The quantitative estimate of drug-likeness (QED) is 0.311. The Bertz CT molecular complexity index is 1210. The second-order valence-corrected chi connectivity index (χ2v) is 6.99. The van der Waals surface area contributed by atoms with Crippen molar-refractivity contribution in [2.45, 2.75) is 27.7 Å². The molecule has 0 saturated carbocycles. The first-order chi connectivity index (χ1) is 16.2. The van der Waals surface area contributed by atoms with Crippen molar-refractivity contribution in [3.63, 3.8) is 0 Å². The summed E-state index contributed by atoms with van der Waals surface area (Å²) < 4.78 is 28.8. The highest BCUT2D eigenvalue weighted by atomic mass is 16.5. The van der Waals surface area contributed by atoms with Crippen molar-refractivity contribution >= 4 is 10.9 Å². The highest BCUT2D eigenvalue weighted by Gasteiger charge is 2.21. The van der Waals surface area contributed by atoms with Crippen LogP contribution in [0.5, 0.6) is 23.1 Å². The van der Waals surface area contributed by atoms with Crippen LogP contribution >= 0.6 is 0 Å². The highest BCUT2D eigenvalue weighted by molar-refractivity contribution is 5.85. The third-order valence-electron chi connectivity index (χ3n) is 4.79. The lowest BCUT2D eigenvalue weighted by Crippen LogP contribution is -2.03. The first-order valence-corrected chi connectivity index (χ1v) is 11.1. The molecule has 8 heteroatoms. The number of rotatable bonds is 10. The smallest absolute Gasteiger partial charge is 0.258 e. The Kier molecular flexibility index (Phi) is 6.92. The zero-order valence-electron chi connectivity index (χ0n) is 19.3. The first-order valence-electron chi connectivity index (χ1n) is 11.1. The van der Waals surface area contributed by atoms with Crippen molar-refractivity contribution in [2.24, 2.45) is 0 Å². The highest BCUT2D eigenvalue weighted by Crippen LogP contribution is 2.42. The monoisotopic (exact) mass is 449 g/mol. The number of benzene rings is 2. The summed E-state index contributed by atoms with van der Waals surface area (Å²) in [6, 6.07) is 13.4. The molecule has 4 aromatic rings. The van der Waals surface area contributed by atoms with Gasteiger partial charge in [-0.2, -0.15) is 4.98 Å². The fourth-order valence-electron chi connectivity index (χ4n) is 3.47. The molecule has 4 rings (SSSR count). The topological polar surface area (TPSA) is 88.7 Å². The SMILES string of the molecule is CCOc1cc(-c2nc(-c3cc4ccccc4nc3OCC)no2)cc(OCC)c1OCC. The zero-order valence-corrected chi connectivity index (χ0v) is 19.3. The Morgan fingerprint density at radius 1 is 0.758 bits per heavy atom. The van der Waals surface area contributed by atoms with E-state index in [9.17, 15) is 0 Å². The molecule has 0 aliphatic rings. The van der Waals surface area contributed by atoms with Crippen LogP contribution in [0.25, 0.3) is 33.7 Å². The van der Waals surface area contributed by atoms with E-state index >= 15 is 0 Å². The van der Waals surface area contributed by atoms with E-state index in [0.29, 0.717) is 72.4 Å². The van der Waals surface area contributed by atoms with Gasteiger partial charge in [-0.15, -0.1) is 0 Å². The van der Waals surface area contributed by atoms with Crippen LogP contribution in [0, 0.1) is 0 Å². The minimum Gasteiger partial charge on any atom is -0.490 e. The van der Waals surface area contributed by atoms with Crippen molar-refractivity contribution in [3.8, 4) is 46.0 Å². The van der Waals surface area contributed by atoms with Gasteiger partial charge >= 0.3 is 0 Å². The maximum Gasteiger partial charge on any atom is 0.258 e. The summed E-state index contributed by atoms with van der Waals surface area (Å²) in [5, 5.41) is 5.16. The summed E-state index contributed by atoms with van der Waals surface area (Å²) in [6.07, 6.45) is 0. The van der Waals surface area contributed by atoms with Gasteiger partial charge < -0.3 is 23.5 Å². The molecular weight excluding hydrogens is 422 g/mol. The summed E-state index contributed by atoms with van der Waals surface area (Å²) in [5.74, 6) is 2.84. The van der Waals surface area contributed by atoms with E-state index in [1.165, 1.54) is 0 Å². The largest absolute Gasteiger partial charge is 0.490 e. The minimum absolute atomic E-state index is 0.325. The number of aromatic nitrogens is 3. The zero-order chi connectivity index (χ0) is 23.2. The number of fused-ring (bicyclic) bond motifs is 1. The Morgan fingerprint density at radius 3 is 2.09 bits per heavy atom. The lowest BCUT2D eigenvalue weighted by atomic mass is 10.1. The van der Waals surface area contributed by atoms with E-state index in [1.54, 1.807) is 0 Å². The molecule has 0 amide bonds. The molecule has 2 aromatic carbocycles. The average Bonchev–Trinajstić information content (AvgIpc) is 3.31. The third-order valence-corrected chi connectivity index (χ3v) is 4.79. The van der Waals surface area contributed by atoms with Crippen LogP contribution in [0.15, 0.2) is 47.0 Å². The van der Waals surface area contributed by atoms with Crippen LogP contribution in [0.2, 0.25) is 0 Å². The van der Waals surface area contributed by atoms with E-state index in [4.69, 9.17) is 23.5 Å². The van der Waals surface area contributed by atoms with E-state index in [2.05, 4.69) is 15.1 Å². The molecule has 0 atom stereocenters. The van der Waals surface area contributed by atoms with Gasteiger partial charge in [-0.25, -0.2) is 4.98 Å². The molecule has 0 radical (unpaired) electrons. The molecule has 2 aromatic heterocycles. The fraction of sp³-hybridized carbons (Fsp3) is 0.320. The van der Waals surface area contributed by atoms with Crippen LogP contribution < -0.4 is 18.9 Å². The Balaban J connectivity index is 1.79. The van der Waals surface area contributed by atoms with Gasteiger partial charge in [0, 0.05) is 10.9 Å². The number of pyridine rings is 1. The Hall–Kier alpha value is -3.81. The molecule has 8 nitrogen and oxygen atoms in total. The van der Waals surface area contributed by atoms with Gasteiger partial charge in [-0.3, -0.25) is 0 Å². The molecule has 2 heterocycles. The van der Waals surface area contributed by atoms with Gasteiger partial charge in [0.05, 0.1) is 37.5 Å². The van der Waals surface area contributed by atoms with Gasteiger partial charge in [0.1, 0.15) is 0 Å². The second kappa shape index (κ2) is 10.2. The number of hydrogen-bond acceptors (Lipinski definition) is 8. The van der Waals surface area contributed by atoms with Crippen LogP contribution in [0.4, 0.5) is 0 Å². The van der Waals surface area contributed by atoms with Crippen LogP contribution in [-0.4, -0.2) is 41.6 Å². The molecule has 0 bridgehead atoms. The van der Waals surface area contributed by atoms with Crippen molar-refractivity contribution < 1.29 is 23.5 Å². The second-order valence-electron chi connectivity index (χ2n) is 6.99. The van der Waals surface area contributed by atoms with Crippen molar-refractivity contribution in [1.82, 2.24) is 15.1 Å². The van der Waals surface area contributed by atoms with Gasteiger partial charge in [0.2, 0.25) is 17.5 Å². The lowest BCUT2D eigenvalue weighted by molar-refractivity contribution is 0.261. The summed E-state index contributed by atoms with van der Waals surface area (Å²) in [7, 11) is 0. The minimum atomic E-state index is 0.325. The molecule has 0 N–H and O–H groups in total. The summed E-state index contributed by atoms with van der Waals surface area (Å²) in [5.41, 5.74) is 2.16. The van der Waals surface area contributed by atoms with E-state index < -0.39 is 0 Å². The number of hydrogen-bond donors (Lipinski definition) is 0. The number of para-hydroxylation sites is 1. The van der Waals surface area contributed by atoms with Crippen molar-refractivity contribution in [2.75, 3.05) is 26.4 Å². The summed E-state index contributed by atoms with van der Waals surface area (Å²) in [6.45, 7) is 9.56. The molecule has 0 spiro atoms. The van der Waals surface area contributed by atoms with Gasteiger partial charge in [0.15, 0.2) is 11.5 Å². The molecule has 33 heavy (non-hydrogen) atoms. The van der Waals surface area contributed by atoms with E-state index in [-0.39, 0.29) is 0 Å². The van der Waals surface area contributed by atoms with Gasteiger partial charge in [-0.1, -0.05) is 23.4 Å². The van der Waals surface area contributed by atoms with Crippen LogP contribution in [0.1, 0.15) is 27.7 Å². The molecule has 0 saturated heterocycles. The molecule has 0 aliphatic heterocycles. The van der Waals surface area contributed by atoms with Crippen molar-refractivity contribution in [1.29, 1.82) is 0 Å². The maximum absolute atomic E-state index is 5.80. The van der Waals surface area contributed by atoms with Gasteiger partial charge in [0.25, 0.3) is 5.89 Å². The fourth-order valence-corrected chi connectivity index (χ4v) is 3.47. The number of ether oxygens (including phenoxy) is 4. The van der Waals surface area contributed by atoms with Gasteiger partial charge in [-0.05, 0) is 52.0 Å². The summed E-state index contributed by atoms with van der Waals surface area (Å²) >= 11 is 0. The Morgan fingerprint density at radius 2 is 1.42 bits per heavy atom. The average molecular weight is 450 g/mol. The predicted molar refractivity (Wildman–Crippen MR) is 125 cm³/mol. The van der Waals surface area contributed by atoms with Crippen LogP contribution in [-0.2, 0) is 0 Å². The maximum atomic E-state index is 5.80. The predicted octanol–water partition coefficient (Wildman–Crippen LogP) is 5.55. The molecule has 172 valence electrons. The van der Waals surface area contributed by atoms with Crippen LogP contribution in [0.3, 0.4) is 0 Å². The Labute approximate surface area is 192 Å².